The number of benzene rings is 1. The Morgan fingerprint density at radius 3 is 2.62 bits per heavy atom. The van der Waals surface area contributed by atoms with Crippen LogP contribution in [0.5, 0.6) is 0 Å². The maximum absolute atomic E-state index is 13.0. The maximum Gasteiger partial charge on any atom is 0.417 e. The lowest BCUT2D eigenvalue weighted by Crippen LogP contribution is -2.34. The third-order valence-electron chi connectivity index (χ3n) is 3.25. The van der Waals surface area contributed by atoms with E-state index in [0.717, 1.165) is 12.1 Å². The van der Waals surface area contributed by atoms with Crippen molar-refractivity contribution in [2.75, 3.05) is 6.61 Å². The summed E-state index contributed by atoms with van der Waals surface area (Å²) in [5, 5.41) is 11.4. The van der Waals surface area contributed by atoms with Crippen LogP contribution in [-0.4, -0.2) is 23.7 Å². The fourth-order valence-electron chi connectivity index (χ4n) is 2.21. The molecule has 7 heteroatoms. The molecule has 2 atom stereocenters. The van der Waals surface area contributed by atoms with Gasteiger partial charge in [-0.1, -0.05) is 12.2 Å². The predicted molar refractivity (Wildman–Crippen MR) is 67.0 cm³/mol. The second-order valence-corrected chi connectivity index (χ2v) is 4.83. The van der Waals surface area contributed by atoms with Crippen LogP contribution in [0.15, 0.2) is 30.4 Å². The summed E-state index contributed by atoms with van der Waals surface area (Å²) in [6.07, 6.45) is -1.07. The number of halogens is 4. The molecular weight excluding hydrogens is 290 g/mol. The van der Waals surface area contributed by atoms with E-state index in [2.05, 4.69) is 5.32 Å². The molecule has 2 N–H and O–H groups in total. The van der Waals surface area contributed by atoms with Gasteiger partial charge in [0.15, 0.2) is 0 Å². The van der Waals surface area contributed by atoms with E-state index in [1.165, 1.54) is 0 Å². The van der Waals surface area contributed by atoms with Gasteiger partial charge < -0.3 is 10.4 Å². The second-order valence-electron chi connectivity index (χ2n) is 4.83. The van der Waals surface area contributed by atoms with Gasteiger partial charge in [-0.05, 0) is 24.6 Å². The number of amides is 1. The van der Waals surface area contributed by atoms with Gasteiger partial charge in [0, 0.05) is 18.6 Å². The van der Waals surface area contributed by atoms with Crippen LogP contribution in [0.25, 0.3) is 0 Å². The Labute approximate surface area is 118 Å². The van der Waals surface area contributed by atoms with Crippen molar-refractivity contribution in [3.63, 3.8) is 0 Å². The molecular formula is C14H13F4NO2. The van der Waals surface area contributed by atoms with Crippen LogP contribution >= 0.6 is 0 Å². The number of hydrogen-bond donors (Lipinski definition) is 2. The van der Waals surface area contributed by atoms with Crippen molar-refractivity contribution < 1.29 is 27.5 Å². The minimum absolute atomic E-state index is 0.0901. The molecule has 1 aromatic rings. The number of carbonyl (C=O) groups excluding carboxylic acids is 1. The van der Waals surface area contributed by atoms with E-state index in [1.54, 1.807) is 12.2 Å². The van der Waals surface area contributed by atoms with Gasteiger partial charge in [0.1, 0.15) is 5.82 Å². The first kappa shape index (κ1) is 15.5. The molecule has 0 fully saturated rings. The summed E-state index contributed by atoms with van der Waals surface area (Å²) < 4.78 is 51.4. The number of nitrogens with one attached hydrogen (secondary N) is 1. The summed E-state index contributed by atoms with van der Waals surface area (Å²) in [7, 11) is 0. The van der Waals surface area contributed by atoms with Crippen molar-refractivity contribution >= 4 is 5.91 Å². The Hall–Kier alpha value is -1.89. The molecule has 1 aromatic carbocycles. The van der Waals surface area contributed by atoms with Crippen molar-refractivity contribution in [1.29, 1.82) is 0 Å². The quantitative estimate of drug-likeness (QED) is 0.666. The van der Waals surface area contributed by atoms with Crippen LogP contribution in [0.4, 0.5) is 17.6 Å². The smallest absolute Gasteiger partial charge is 0.396 e. The first-order chi connectivity index (χ1) is 9.81. The number of carbonyl (C=O) groups is 1. The van der Waals surface area contributed by atoms with Crippen molar-refractivity contribution in [2.24, 2.45) is 5.92 Å². The Bertz CT molecular complexity index is 569. The SMILES string of the molecule is O=C(N[C@@H]1C=C[C@H](CO)C1)c1ccc(F)cc1C(F)(F)F. The molecule has 0 saturated carbocycles. The van der Waals surface area contributed by atoms with Crippen molar-refractivity contribution in [1.82, 2.24) is 5.32 Å². The van der Waals surface area contributed by atoms with Crippen molar-refractivity contribution in [3.8, 4) is 0 Å². The summed E-state index contributed by atoms with van der Waals surface area (Å²) >= 11 is 0. The summed E-state index contributed by atoms with van der Waals surface area (Å²) in [6.45, 7) is -0.0901. The summed E-state index contributed by atoms with van der Waals surface area (Å²) in [5.41, 5.74) is -1.93. The highest BCUT2D eigenvalue weighted by molar-refractivity contribution is 5.96. The first-order valence-corrected chi connectivity index (χ1v) is 6.28. The van der Waals surface area contributed by atoms with E-state index in [1.807, 2.05) is 0 Å². The number of aliphatic hydroxyl groups excluding tert-OH is 1. The van der Waals surface area contributed by atoms with E-state index in [4.69, 9.17) is 5.11 Å². The highest BCUT2D eigenvalue weighted by Gasteiger charge is 2.36. The van der Waals surface area contributed by atoms with Crippen LogP contribution < -0.4 is 5.32 Å². The molecule has 0 aliphatic heterocycles. The topological polar surface area (TPSA) is 49.3 Å². The molecule has 0 saturated heterocycles. The first-order valence-electron chi connectivity index (χ1n) is 6.28. The van der Waals surface area contributed by atoms with E-state index in [-0.39, 0.29) is 12.5 Å². The Kier molecular flexibility index (Phi) is 4.32. The minimum atomic E-state index is -4.81. The average molecular weight is 303 g/mol. The molecule has 1 amide bonds. The number of rotatable bonds is 3. The normalized spacial score (nSPS) is 21.6. The molecule has 1 aliphatic carbocycles. The van der Waals surface area contributed by atoms with E-state index < -0.39 is 35.1 Å². The van der Waals surface area contributed by atoms with Gasteiger partial charge in [-0.2, -0.15) is 13.2 Å². The van der Waals surface area contributed by atoms with Crippen LogP contribution in [0, 0.1) is 11.7 Å². The van der Waals surface area contributed by atoms with Gasteiger partial charge in [0.25, 0.3) is 5.91 Å². The number of alkyl halides is 3. The summed E-state index contributed by atoms with van der Waals surface area (Å²) in [6, 6.07) is 1.48. The zero-order chi connectivity index (χ0) is 15.6. The van der Waals surface area contributed by atoms with Crippen LogP contribution in [-0.2, 0) is 6.18 Å². The standard InChI is InChI=1S/C14H13F4NO2/c15-9-2-4-11(12(6-9)14(16,17)18)13(21)19-10-3-1-8(5-10)7-20/h1-4,6,8,10,20H,5,7H2,(H,19,21)/t8-,10+/m0/s1. The van der Waals surface area contributed by atoms with Gasteiger partial charge >= 0.3 is 6.18 Å². The van der Waals surface area contributed by atoms with Crippen LogP contribution in [0.2, 0.25) is 0 Å². The average Bonchev–Trinajstić information content (AvgIpc) is 2.85. The molecule has 0 aromatic heterocycles. The monoisotopic (exact) mass is 303 g/mol. The van der Waals surface area contributed by atoms with E-state index in [0.29, 0.717) is 12.5 Å². The van der Waals surface area contributed by atoms with Crippen LogP contribution in [0.1, 0.15) is 22.3 Å². The van der Waals surface area contributed by atoms with Crippen LogP contribution in [0.3, 0.4) is 0 Å². The molecule has 1 aliphatic rings. The zero-order valence-electron chi connectivity index (χ0n) is 10.8. The minimum Gasteiger partial charge on any atom is -0.396 e. The predicted octanol–water partition coefficient (Wildman–Crippen LogP) is 2.51. The molecule has 0 radical (unpaired) electrons. The number of aliphatic hydroxyl groups is 1. The maximum atomic E-state index is 13.0. The molecule has 0 spiro atoms. The van der Waals surface area contributed by atoms with Crippen molar-refractivity contribution in [2.45, 2.75) is 18.6 Å². The zero-order valence-corrected chi connectivity index (χ0v) is 10.8. The fourth-order valence-corrected chi connectivity index (χ4v) is 2.21. The van der Waals surface area contributed by atoms with E-state index >= 15 is 0 Å². The number of hydrogen-bond acceptors (Lipinski definition) is 2. The molecule has 0 unspecified atom stereocenters. The molecule has 21 heavy (non-hydrogen) atoms. The third kappa shape index (κ3) is 3.60. The molecule has 114 valence electrons. The Morgan fingerprint density at radius 1 is 1.33 bits per heavy atom. The van der Waals surface area contributed by atoms with E-state index in [9.17, 15) is 22.4 Å². The van der Waals surface area contributed by atoms with Gasteiger partial charge in [-0.25, -0.2) is 4.39 Å². The lowest BCUT2D eigenvalue weighted by atomic mass is 10.0. The van der Waals surface area contributed by atoms with Gasteiger partial charge in [-0.3, -0.25) is 4.79 Å². The lowest BCUT2D eigenvalue weighted by molar-refractivity contribution is -0.138. The molecule has 0 bridgehead atoms. The van der Waals surface area contributed by atoms with Gasteiger partial charge in [-0.15, -0.1) is 0 Å². The lowest BCUT2D eigenvalue weighted by Gasteiger charge is -2.16. The third-order valence-corrected chi connectivity index (χ3v) is 3.25. The largest absolute Gasteiger partial charge is 0.417 e. The fraction of sp³-hybridized carbons (Fsp3) is 0.357. The molecule has 0 heterocycles. The summed E-state index contributed by atoms with van der Waals surface area (Å²) in [5.74, 6) is -2.10. The second kappa shape index (κ2) is 5.85. The highest BCUT2D eigenvalue weighted by atomic mass is 19.4. The van der Waals surface area contributed by atoms with Gasteiger partial charge in [0.2, 0.25) is 0 Å². The Morgan fingerprint density at radius 2 is 2.05 bits per heavy atom. The highest BCUT2D eigenvalue weighted by Crippen LogP contribution is 2.32. The molecule has 2 rings (SSSR count). The molecule has 3 nitrogen and oxygen atoms in total. The summed E-state index contributed by atoms with van der Waals surface area (Å²) in [4.78, 5) is 11.9. The Balaban J connectivity index is 2.18. The van der Waals surface area contributed by atoms with Crippen molar-refractivity contribution in [3.05, 3.63) is 47.3 Å². The van der Waals surface area contributed by atoms with Gasteiger partial charge in [0.05, 0.1) is 11.1 Å².